The lowest BCUT2D eigenvalue weighted by molar-refractivity contribution is 0.104. The van der Waals surface area contributed by atoms with Crippen LogP contribution in [-0.2, 0) is 19.4 Å². The first-order valence-corrected chi connectivity index (χ1v) is 10.0. The molecule has 3 aromatic rings. The Morgan fingerprint density at radius 3 is 2.81 bits per heavy atom. The summed E-state index contributed by atoms with van der Waals surface area (Å²) in [5.74, 6) is 2.28. The van der Waals surface area contributed by atoms with E-state index in [1.54, 1.807) is 23.5 Å². The molecule has 138 valence electrons. The standard InChI is InChI=1S/C23H22O3S/c1-15-12-22(16(2)27-15)23(24)11-10-19-8-9-21(26-19)14-25-20-7-6-17-4-3-5-18(17)13-20/h6-13H,3-5,14H2,1-2H3/b11-10+. The Hall–Kier alpha value is -2.59. The zero-order chi connectivity index (χ0) is 18.8. The van der Waals surface area contributed by atoms with Crippen LogP contribution in [0.1, 0.15) is 49.2 Å². The van der Waals surface area contributed by atoms with Gasteiger partial charge in [0.25, 0.3) is 0 Å². The first-order chi connectivity index (χ1) is 13.1. The predicted molar refractivity (Wildman–Crippen MR) is 109 cm³/mol. The first-order valence-electron chi connectivity index (χ1n) is 9.21. The molecular formula is C23H22O3S. The largest absolute Gasteiger partial charge is 0.486 e. The van der Waals surface area contributed by atoms with Gasteiger partial charge in [-0.05, 0) is 86.7 Å². The summed E-state index contributed by atoms with van der Waals surface area (Å²) >= 11 is 1.64. The fourth-order valence-electron chi connectivity index (χ4n) is 3.48. The van der Waals surface area contributed by atoms with E-state index in [1.807, 2.05) is 38.1 Å². The molecule has 0 fully saturated rings. The zero-order valence-electron chi connectivity index (χ0n) is 15.6. The molecule has 0 saturated carbocycles. The van der Waals surface area contributed by atoms with Gasteiger partial charge in [0.1, 0.15) is 23.9 Å². The molecule has 0 aliphatic heterocycles. The van der Waals surface area contributed by atoms with Crippen molar-refractivity contribution in [3.8, 4) is 5.75 Å². The van der Waals surface area contributed by atoms with Gasteiger partial charge in [0.15, 0.2) is 5.78 Å². The minimum atomic E-state index is 0.00388. The van der Waals surface area contributed by atoms with E-state index < -0.39 is 0 Å². The summed E-state index contributed by atoms with van der Waals surface area (Å²) in [6.07, 6.45) is 6.83. The number of carbonyl (C=O) groups is 1. The second-order valence-corrected chi connectivity index (χ2v) is 8.36. The van der Waals surface area contributed by atoms with Gasteiger partial charge in [0.2, 0.25) is 0 Å². The number of ether oxygens (including phenoxy) is 1. The molecule has 1 aliphatic rings. The van der Waals surface area contributed by atoms with Crippen LogP contribution in [0.5, 0.6) is 5.75 Å². The molecule has 4 heteroatoms. The maximum absolute atomic E-state index is 12.3. The summed E-state index contributed by atoms with van der Waals surface area (Å²) in [4.78, 5) is 14.5. The fourth-order valence-corrected chi connectivity index (χ4v) is 4.41. The second kappa shape index (κ2) is 7.57. The molecule has 1 aliphatic carbocycles. The number of aryl methyl sites for hydroxylation is 4. The number of fused-ring (bicyclic) bond motifs is 1. The molecule has 0 atom stereocenters. The number of rotatable bonds is 6. The van der Waals surface area contributed by atoms with Crippen molar-refractivity contribution < 1.29 is 13.9 Å². The molecule has 0 radical (unpaired) electrons. The minimum absolute atomic E-state index is 0.00388. The van der Waals surface area contributed by atoms with Crippen molar-refractivity contribution >= 4 is 23.2 Å². The molecule has 0 spiro atoms. The highest BCUT2D eigenvalue weighted by molar-refractivity contribution is 7.12. The van der Waals surface area contributed by atoms with Gasteiger partial charge in [-0.15, -0.1) is 11.3 Å². The molecule has 2 heterocycles. The van der Waals surface area contributed by atoms with E-state index in [0.29, 0.717) is 12.4 Å². The van der Waals surface area contributed by atoms with Gasteiger partial charge < -0.3 is 9.15 Å². The van der Waals surface area contributed by atoms with Gasteiger partial charge in [0, 0.05) is 15.3 Å². The van der Waals surface area contributed by atoms with E-state index in [1.165, 1.54) is 24.0 Å². The molecule has 4 rings (SSSR count). The molecule has 0 bridgehead atoms. The number of allylic oxidation sites excluding steroid dienone is 1. The van der Waals surface area contributed by atoms with Crippen molar-refractivity contribution in [2.45, 2.75) is 39.7 Å². The molecule has 2 aromatic heterocycles. The molecule has 27 heavy (non-hydrogen) atoms. The summed E-state index contributed by atoms with van der Waals surface area (Å²) in [7, 11) is 0. The van der Waals surface area contributed by atoms with E-state index >= 15 is 0 Å². The highest BCUT2D eigenvalue weighted by Crippen LogP contribution is 2.27. The van der Waals surface area contributed by atoms with E-state index in [2.05, 4.69) is 12.1 Å². The third-order valence-corrected chi connectivity index (χ3v) is 5.80. The van der Waals surface area contributed by atoms with Crippen molar-refractivity contribution in [2.24, 2.45) is 0 Å². The number of carbonyl (C=O) groups excluding carboxylic acids is 1. The second-order valence-electron chi connectivity index (χ2n) is 6.90. The van der Waals surface area contributed by atoms with E-state index in [-0.39, 0.29) is 5.78 Å². The Labute approximate surface area is 163 Å². The Morgan fingerprint density at radius 2 is 2.00 bits per heavy atom. The van der Waals surface area contributed by atoms with Gasteiger partial charge in [0.05, 0.1) is 0 Å². The van der Waals surface area contributed by atoms with Crippen molar-refractivity contribution in [2.75, 3.05) is 0 Å². The number of thiophene rings is 1. The van der Waals surface area contributed by atoms with Gasteiger partial charge in [-0.25, -0.2) is 0 Å². The number of hydrogen-bond acceptors (Lipinski definition) is 4. The number of furan rings is 1. The van der Waals surface area contributed by atoms with Crippen molar-refractivity contribution in [3.63, 3.8) is 0 Å². The Kier molecular flexibility index (Phi) is 4.99. The Balaban J connectivity index is 1.37. The highest BCUT2D eigenvalue weighted by Gasteiger charge is 2.12. The molecule has 0 saturated heterocycles. The molecular weight excluding hydrogens is 356 g/mol. The third-order valence-electron chi connectivity index (χ3n) is 4.84. The lowest BCUT2D eigenvalue weighted by atomic mass is 10.1. The van der Waals surface area contributed by atoms with Gasteiger partial charge >= 0.3 is 0 Å². The molecule has 0 unspecified atom stereocenters. The Bertz CT molecular complexity index is 1010. The average molecular weight is 378 g/mol. The predicted octanol–water partition coefficient (Wildman–Crippen LogP) is 5.92. The quantitative estimate of drug-likeness (QED) is 0.395. The highest BCUT2D eigenvalue weighted by atomic mass is 32.1. The van der Waals surface area contributed by atoms with Crippen LogP contribution >= 0.6 is 11.3 Å². The summed E-state index contributed by atoms with van der Waals surface area (Å²) in [5, 5.41) is 0. The third kappa shape index (κ3) is 4.06. The number of ketones is 1. The molecule has 3 nitrogen and oxygen atoms in total. The minimum Gasteiger partial charge on any atom is -0.486 e. The SMILES string of the molecule is Cc1cc(C(=O)/C=C/c2ccc(COc3ccc4c(c3)CCC4)o2)c(C)s1. The van der Waals surface area contributed by atoms with Crippen LogP contribution in [0.3, 0.4) is 0 Å². The van der Waals surface area contributed by atoms with Gasteiger partial charge in [-0.1, -0.05) is 6.07 Å². The van der Waals surface area contributed by atoms with Crippen LogP contribution < -0.4 is 4.74 Å². The summed E-state index contributed by atoms with van der Waals surface area (Å²) in [6.45, 7) is 4.36. The number of hydrogen-bond donors (Lipinski definition) is 0. The summed E-state index contributed by atoms with van der Waals surface area (Å²) in [6, 6.07) is 12.0. The van der Waals surface area contributed by atoms with E-state index in [9.17, 15) is 4.79 Å². The maximum Gasteiger partial charge on any atom is 0.187 e. The monoisotopic (exact) mass is 378 g/mol. The maximum atomic E-state index is 12.3. The van der Waals surface area contributed by atoms with Crippen LogP contribution in [0.4, 0.5) is 0 Å². The van der Waals surface area contributed by atoms with E-state index in [4.69, 9.17) is 9.15 Å². The lowest BCUT2D eigenvalue weighted by Gasteiger charge is -2.06. The Morgan fingerprint density at radius 1 is 1.15 bits per heavy atom. The lowest BCUT2D eigenvalue weighted by Crippen LogP contribution is -1.95. The molecule has 0 N–H and O–H groups in total. The molecule has 1 aromatic carbocycles. The number of benzene rings is 1. The average Bonchev–Trinajstić information content (AvgIpc) is 3.37. The summed E-state index contributed by atoms with van der Waals surface area (Å²) in [5.41, 5.74) is 3.60. The van der Waals surface area contributed by atoms with Crippen LogP contribution in [0, 0.1) is 13.8 Å². The van der Waals surface area contributed by atoms with Gasteiger partial charge in [-0.3, -0.25) is 4.79 Å². The van der Waals surface area contributed by atoms with Crippen molar-refractivity contribution in [3.05, 3.63) is 80.4 Å². The summed E-state index contributed by atoms with van der Waals surface area (Å²) < 4.78 is 11.6. The van der Waals surface area contributed by atoms with Crippen LogP contribution in [-0.4, -0.2) is 5.78 Å². The van der Waals surface area contributed by atoms with Gasteiger partial charge in [-0.2, -0.15) is 0 Å². The van der Waals surface area contributed by atoms with Crippen molar-refractivity contribution in [1.29, 1.82) is 0 Å². The van der Waals surface area contributed by atoms with Crippen molar-refractivity contribution in [1.82, 2.24) is 0 Å². The topological polar surface area (TPSA) is 39.4 Å². The normalized spacial score (nSPS) is 13.3. The smallest absolute Gasteiger partial charge is 0.187 e. The van der Waals surface area contributed by atoms with E-state index in [0.717, 1.165) is 33.2 Å². The van der Waals surface area contributed by atoms with Crippen LogP contribution in [0.15, 0.2) is 46.9 Å². The fraction of sp³-hybridized carbons (Fsp3) is 0.261. The molecule has 0 amide bonds. The first kappa shape index (κ1) is 17.8. The van der Waals surface area contributed by atoms with Crippen LogP contribution in [0.2, 0.25) is 0 Å². The van der Waals surface area contributed by atoms with Crippen LogP contribution in [0.25, 0.3) is 6.08 Å². The zero-order valence-corrected chi connectivity index (χ0v) is 16.4.